The molecule has 0 radical (unpaired) electrons. The van der Waals surface area contributed by atoms with Crippen molar-refractivity contribution in [1.82, 2.24) is 9.38 Å². The summed E-state index contributed by atoms with van der Waals surface area (Å²) in [5.41, 5.74) is 0.710. The van der Waals surface area contributed by atoms with Gasteiger partial charge >= 0.3 is 5.97 Å². The van der Waals surface area contributed by atoms with Crippen molar-refractivity contribution < 1.29 is 9.90 Å². The van der Waals surface area contributed by atoms with Gasteiger partial charge in [-0.1, -0.05) is 11.6 Å². The Morgan fingerprint density at radius 1 is 1.62 bits per heavy atom. The van der Waals surface area contributed by atoms with Crippen LogP contribution >= 0.6 is 11.6 Å². The normalized spacial score (nSPS) is 10.5. The maximum atomic E-state index is 10.7. The molecular formula is C8H5ClN2O2. The molecule has 2 aromatic rings. The van der Waals surface area contributed by atoms with Crippen LogP contribution in [0.4, 0.5) is 0 Å². The molecule has 2 aromatic heterocycles. The predicted octanol–water partition coefficient (Wildman–Crippen LogP) is 1.69. The average molecular weight is 197 g/mol. The molecular weight excluding hydrogens is 192 g/mol. The summed E-state index contributed by atoms with van der Waals surface area (Å²) in [6, 6.07) is 1.52. The van der Waals surface area contributed by atoms with Crippen LogP contribution in [0.1, 0.15) is 10.4 Å². The molecule has 0 saturated carbocycles. The second-order valence-electron chi connectivity index (χ2n) is 2.53. The Morgan fingerprint density at radius 2 is 2.38 bits per heavy atom. The van der Waals surface area contributed by atoms with Crippen LogP contribution in [0.25, 0.3) is 5.65 Å². The van der Waals surface area contributed by atoms with Crippen LogP contribution in [-0.4, -0.2) is 20.5 Å². The van der Waals surface area contributed by atoms with Crippen LogP contribution in [0.3, 0.4) is 0 Å². The Hall–Kier alpha value is -1.55. The van der Waals surface area contributed by atoms with Crippen LogP contribution in [0.5, 0.6) is 0 Å². The zero-order valence-electron chi connectivity index (χ0n) is 6.44. The highest BCUT2D eigenvalue weighted by molar-refractivity contribution is 6.33. The first-order valence-electron chi connectivity index (χ1n) is 3.54. The second-order valence-corrected chi connectivity index (χ2v) is 2.94. The van der Waals surface area contributed by atoms with Gasteiger partial charge in [-0.2, -0.15) is 0 Å². The fourth-order valence-corrected chi connectivity index (χ4v) is 1.32. The number of carbonyl (C=O) groups is 1. The largest absolute Gasteiger partial charge is 0.478 e. The lowest BCUT2D eigenvalue weighted by Crippen LogP contribution is -1.99. The fraction of sp³-hybridized carbons (Fsp3) is 0. The van der Waals surface area contributed by atoms with Crippen LogP contribution in [0, 0.1) is 0 Å². The minimum atomic E-state index is -1.04. The predicted molar refractivity (Wildman–Crippen MR) is 47.2 cm³/mol. The Kier molecular flexibility index (Phi) is 1.70. The van der Waals surface area contributed by atoms with Crippen molar-refractivity contribution in [3.8, 4) is 0 Å². The van der Waals surface area contributed by atoms with Gasteiger partial charge in [0.05, 0.1) is 10.6 Å². The Bertz CT molecular complexity index is 478. The number of aromatic carboxylic acids is 1. The summed E-state index contributed by atoms with van der Waals surface area (Å²) in [6.07, 6.45) is 4.68. The first-order chi connectivity index (χ1) is 6.18. The molecule has 0 fully saturated rings. The van der Waals surface area contributed by atoms with Gasteiger partial charge in [-0.25, -0.2) is 9.78 Å². The number of imidazole rings is 1. The first kappa shape index (κ1) is 8.07. The molecule has 0 aromatic carbocycles. The van der Waals surface area contributed by atoms with E-state index in [1.807, 2.05) is 0 Å². The number of rotatable bonds is 1. The van der Waals surface area contributed by atoms with Crippen LogP contribution in [-0.2, 0) is 0 Å². The standard InChI is InChI=1S/C8H5ClN2O2/c9-6-3-7-10-1-2-11(7)4-5(6)8(12)13/h1-4H,(H,12,13). The molecule has 0 saturated heterocycles. The molecule has 0 atom stereocenters. The highest BCUT2D eigenvalue weighted by atomic mass is 35.5. The van der Waals surface area contributed by atoms with Crippen molar-refractivity contribution in [2.45, 2.75) is 0 Å². The maximum Gasteiger partial charge on any atom is 0.338 e. The third-order valence-corrected chi connectivity index (χ3v) is 2.02. The minimum Gasteiger partial charge on any atom is -0.478 e. The lowest BCUT2D eigenvalue weighted by atomic mass is 10.3. The van der Waals surface area contributed by atoms with E-state index in [1.165, 1.54) is 12.3 Å². The molecule has 0 unspecified atom stereocenters. The van der Waals surface area contributed by atoms with E-state index < -0.39 is 5.97 Å². The summed E-state index contributed by atoms with van der Waals surface area (Å²) < 4.78 is 1.61. The maximum absolute atomic E-state index is 10.7. The summed E-state index contributed by atoms with van der Waals surface area (Å²) in [5, 5.41) is 8.94. The quantitative estimate of drug-likeness (QED) is 0.755. The molecule has 0 spiro atoms. The molecule has 0 aliphatic heterocycles. The summed E-state index contributed by atoms with van der Waals surface area (Å²) in [7, 11) is 0. The van der Waals surface area contributed by atoms with Crippen molar-refractivity contribution in [2.24, 2.45) is 0 Å². The number of carboxylic acid groups (broad SMARTS) is 1. The molecule has 66 valence electrons. The van der Waals surface area contributed by atoms with E-state index in [0.29, 0.717) is 5.65 Å². The molecule has 0 amide bonds. The summed E-state index contributed by atoms with van der Waals surface area (Å²) in [5.74, 6) is -1.04. The molecule has 2 heterocycles. The minimum absolute atomic E-state index is 0.0761. The van der Waals surface area contributed by atoms with Crippen molar-refractivity contribution in [2.75, 3.05) is 0 Å². The van der Waals surface area contributed by atoms with Crippen LogP contribution < -0.4 is 0 Å². The zero-order chi connectivity index (χ0) is 9.42. The smallest absolute Gasteiger partial charge is 0.338 e. The molecule has 13 heavy (non-hydrogen) atoms. The number of hydrogen-bond acceptors (Lipinski definition) is 2. The monoisotopic (exact) mass is 196 g/mol. The molecule has 4 nitrogen and oxygen atoms in total. The number of hydrogen-bond donors (Lipinski definition) is 1. The van der Waals surface area contributed by atoms with Gasteiger partial charge in [-0.05, 0) is 0 Å². The van der Waals surface area contributed by atoms with Gasteiger partial charge in [0.2, 0.25) is 0 Å². The van der Waals surface area contributed by atoms with Gasteiger partial charge in [-0.15, -0.1) is 0 Å². The van der Waals surface area contributed by atoms with Gasteiger partial charge in [0.1, 0.15) is 5.65 Å². The topological polar surface area (TPSA) is 54.6 Å². The van der Waals surface area contributed by atoms with Crippen molar-refractivity contribution in [1.29, 1.82) is 0 Å². The van der Waals surface area contributed by atoms with E-state index in [2.05, 4.69) is 4.98 Å². The van der Waals surface area contributed by atoms with Gasteiger partial charge in [0, 0.05) is 24.7 Å². The third-order valence-electron chi connectivity index (χ3n) is 1.71. The summed E-state index contributed by atoms with van der Waals surface area (Å²) in [4.78, 5) is 14.6. The number of aromatic nitrogens is 2. The fourth-order valence-electron chi connectivity index (χ4n) is 1.09. The van der Waals surface area contributed by atoms with E-state index >= 15 is 0 Å². The van der Waals surface area contributed by atoms with Crippen molar-refractivity contribution >= 4 is 23.2 Å². The van der Waals surface area contributed by atoms with E-state index in [9.17, 15) is 4.79 Å². The number of carboxylic acids is 1. The SMILES string of the molecule is O=C(O)c1cn2ccnc2cc1Cl. The van der Waals surface area contributed by atoms with E-state index in [-0.39, 0.29) is 10.6 Å². The van der Waals surface area contributed by atoms with Crippen LogP contribution in [0.2, 0.25) is 5.02 Å². The number of halogens is 1. The molecule has 1 N–H and O–H groups in total. The lowest BCUT2D eigenvalue weighted by molar-refractivity contribution is 0.0696. The molecule has 0 aliphatic carbocycles. The van der Waals surface area contributed by atoms with Gasteiger partial charge in [-0.3, -0.25) is 0 Å². The lowest BCUT2D eigenvalue weighted by Gasteiger charge is -1.99. The molecule has 0 aliphatic rings. The second kappa shape index (κ2) is 2.74. The molecule has 2 rings (SSSR count). The van der Waals surface area contributed by atoms with E-state index in [0.717, 1.165) is 0 Å². The summed E-state index contributed by atoms with van der Waals surface area (Å²) >= 11 is 5.72. The van der Waals surface area contributed by atoms with Crippen molar-refractivity contribution in [3.63, 3.8) is 0 Å². The zero-order valence-corrected chi connectivity index (χ0v) is 7.19. The number of fused-ring (bicyclic) bond motifs is 1. The Morgan fingerprint density at radius 3 is 3.08 bits per heavy atom. The van der Waals surface area contributed by atoms with Gasteiger partial charge in [0.15, 0.2) is 0 Å². The summed E-state index contributed by atoms with van der Waals surface area (Å²) in [6.45, 7) is 0. The molecule has 0 bridgehead atoms. The van der Waals surface area contributed by atoms with Crippen molar-refractivity contribution in [3.05, 3.63) is 35.2 Å². The van der Waals surface area contributed by atoms with E-state index in [1.54, 1.807) is 16.8 Å². The first-order valence-corrected chi connectivity index (χ1v) is 3.92. The highest BCUT2D eigenvalue weighted by Gasteiger charge is 2.09. The third kappa shape index (κ3) is 1.25. The Balaban J connectivity index is 2.76. The number of nitrogens with zero attached hydrogens (tertiary/aromatic N) is 2. The van der Waals surface area contributed by atoms with Crippen LogP contribution in [0.15, 0.2) is 24.7 Å². The average Bonchev–Trinajstić information content (AvgIpc) is 2.48. The Labute approximate surface area is 78.4 Å². The highest BCUT2D eigenvalue weighted by Crippen LogP contribution is 2.17. The van der Waals surface area contributed by atoms with Gasteiger partial charge < -0.3 is 9.51 Å². The van der Waals surface area contributed by atoms with Gasteiger partial charge in [0.25, 0.3) is 0 Å². The van der Waals surface area contributed by atoms with E-state index in [4.69, 9.17) is 16.7 Å². The molecule has 5 heteroatoms. The number of pyridine rings is 1.